The van der Waals surface area contributed by atoms with Gasteiger partial charge in [-0.25, -0.2) is 17.8 Å². The van der Waals surface area contributed by atoms with E-state index in [0.717, 1.165) is 30.7 Å². The van der Waals surface area contributed by atoms with Crippen LogP contribution in [0.5, 0.6) is 0 Å². The van der Waals surface area contributed by atoms with Gasteiger partial charge in [0.05, 0.1) is 55.2 Å². The number of hydrogen-bond acceptors (Lipinski definition) is 6. The average Bonchev–Trinajstić information content (AvgIpc) is 3.73. The lowest BCUT2D eigenvalue weighted by atomic mass is 10.1. The SMILES string of the molecule is O=C(c1ccc(C(F)(F)F)cc1)N(Cc1ccco1)Cc1cnc(S(=O)(=O)Cc2ccccc2F)n1C[C@H]1CCCO1. The number of hydrogen-bond donors (Lipinski definition) is 0. The molecule has 0 N–H and O–H groups in total. The summed E-state index contributed by atoms with van der Waals surface area (Å²) in [5.41, 5.74) is -0.546. The van der Waals surface area contributed by atoms with Crippen molar-refractivity contribution in [1.82, 2.24) is 14.5 Å². The molecule has 5 rings (SSSR count). The summed E-state index contributed by atoms with van der Waals surface area (Å²) in [5.74, 6) is -1.47. The molecular formula is C29H27F4N3O5S. The molecule has 1 atom stereocenters. The number of carbonyl (C=O) groups is 1. The van der Waals surface area contributed by atoms with Crippen LogP contribution in [0.2, 0.25) is 0 Å². The van der Waals surface area contributed by atoms with Crippen molar-refractivity contribution in [3.05, 3.63) is 107 Å². The summed E-state index contributed by atoms with van der Waals surface area (Å²) in [7, 11) is -4.14. The molecule has 42 heavy (non-hydrogen) atoms. The Hall–Kier alpha value is -3.97. The Bertz CT molecular complexity index is 1630. The first-order valence-electron chi connectivity index (χ1n) is 13.1. The summed E-state index contributed by atoms with van der Waals surface area (Å²) < 4.78 is 93.2. The van der Waals surface area contributed by atoms with Gasteiger partial charge in [0.1, 0.15) is 11.6 Å². The van der Waals surface area contributed by atoms with Crippen molar-refractivity contribution >= 4 is 15.7 Å². The van der Waals surface area contributed by atoms with Crippen LogP contribution in [0, 0.1) is 5.82 Å². The quantitative estimate of drug-likeness (QED) is 0.218. The van der Waals surface area contributed by atoms with Gasteiger partial charge in [-0.3, -0.25) is 4.79 Å². The van der Waals surface area contributed by atoms with Gasteiger partial charge < -0.3 is 18.6 Å². The lowest BCUT2D eigenvalue weighted by Gasteiger charge is -2.24. The number of benzene rings is 2. The second-order valence-corrected chi connectivity index (χ2v) is 11.8. The zero-order valence-corrected chi connectivity index (χ0v) is 23.1. The van der Waals surface area contributed by atoms with Crippen molar-refractivity contribution in [3.63, 3.8) is 0 Å². The fraction of sp³-hybridized carbons (Fsp3) is 0.310. The van der Waals surface area contributed by atoms with E-state index in [9.17, 15) is 30.8 Å². The van der Waals surface area contributed by atoms with Gasteiger partial charge in [0.25, 0.3) is 5.91 Å². The Balaban J connectivity index is 1.49. The fourth-order valence-electron chi connectivity index (χ4n) is 4.81. The normalized spacial score (nSPS) is 15.7. The molecule has 0 saturated carbocycles. The largest absolute Gasteiger partial charge is 0.467 e. The summed E-state index contributed by atoms with van der Waals surface area (Å²) in [5, 5.41) is -0.295. The molecule has 1 amide bonds. The third-order valence-corrected chi connectivity index (χ3v) is 8.49. The zero-order chi connectivity index (χ0) is 29.9. The lowest BCUT2D eigenvalue weighted by molar-refractivity contribution is -0.137. The smallest absolute Gasteiger partial charge is 0.416 e. The number of aromatic nitrogens is 2. The molecule has 13 heteroatoms. The molecule has 1 aliphatic rings. The Morgan fingerprint density at radius 1 is 1.05 bits per heavy atom. The second kappa shape index (κ2) is 12.1. The highest BCUT2D eigenvalue weighted by molar-refractivity contribution is 7.90. The molecule has 0 unspecified atom stereocenters. The monoisotopic (exact) mass is 605 g/mol. The average molecular weight is 606 g/mol. The Morgan fingerprint density at radius 3 is 2.45 bits per heavy atom. The molecule has 1 aliphatic heterocycles. The van der Waals surface area contributed by atoms with Crippen LogP contribution >= 0.6 is 0 Å². The highest BCUT2D eigenvalue weighted by atomic mass is 32.2. The lowest BCUT2D eigenvalue weighted by Crippen LogP contribution is -2.32. The third-order valence-electron chi connectivity index (χ3n) is 6.92. The number of imidazole rings is 1. The molecule has 2 aromatic heterocycles. The maximum absolute atomic E-state index is 14.3. The van der Waals surface area contributed by atoms with Crippen molar-refractivity contribution in [2.75, 3.05) is 6.61 Å². The van der Waals surface area contributed by atoms with E-state index < -0.39 is 39.1 Å². The van der Waals surface area contributed by atoms with E-state index in [1.807, 2.05) is 0 Å². The molecular weight excluding hydrogens is 578 g/mol. The first-order valence-corrected chi connectivity index (χ1v) is 14.8. The van der Waals surface area contributed by atoms with Gasteiger partial charge in [0.15, 0.2) is 0 Å². The number of rotatable bonds is 10. The van der Waals surface area contributed by atoms with Gasteiger partial charge in [-0.2, -0.15) is 13.2 Å². The molecule has 1 fully saturated rings. The molecule has 0 spiro atoms. The van der Waals surface area contributed by atoms with E-state index >= 15 is 0 Å². The van der Waals surface area contributed by atoms with Gasteiger partial charge in [0, 0.05) is 17.7 Å². The Kier molecular flexibility index (Phi) is 8.50. The molecule has 222 valence electrons. The summed E-state index contributed by atoms with van der Waals surface area (Å²) in [4.78, 5) is 19.1. The van der Waals surface area contributed by atoms with Crippen LogP contribution in [0.25, 0.3) is 0 Å². The first-order chi connectivity index (χ1) is 20.0. The molecule has 4 aromatic rings. The minimum absolute atomic E-state index is 0.00662. The summed E-state index contributed by atoms with van der Waals surface area (Å²) in [6.45, 7) is 0.456. The maximum atomic E-state index is 14.3. The van der Waals surface area contributed by atoms with E-state index in [0.29, 0.717) is 24.5 Å². The van der Waals surface area contributed by atoms with Crippen LogP contribution < -0.4 is 0 Å². The van der Waals surface area contributed by atoms with Crippen molar-refractivity contribution in [1.29, 1.82) is 0 Å². The Labute approximate surface area is 239 Å². The first kappa shape index (κ1) is 29.5. The Morgan fingerprint density at radius 2 is 1.81 bits per heavy atom. The molecule has 0 aliphatic carbocycles. The number of sulfone groups is 1. The van der Waals surface area contributed by atoms with Crippen LogP contribution in [0.3, 0.4) is 0 Å². The molecule has 0 bridgehead atoms. The number of ether oxygens (including phenoxy) is 1. The summed E-state index contributed by atoms with van der Waals surface area (Å²) >= 11 is 0. The maximum Gasteiger partial charge on any atom is 0.416 e. The van der Waals surface area contributed by atoms with Gasteiger partial charge in [-0.05, 0) is 55.3 Å². The van der Waals surface area contributed by atoms with Crippen LogP contribution in [0.15, 0.2) is 82.7 Å². The van der Waals surface area contributed by atoms with Crippen LogP contribution in [0.4, 0.5) is 17.6 Å². The minimum atomic E-state index is -4.56. The highest BCUT2D eigenvalue weighted by Gasteiger charge is 2.32. The van der Waals surface area contributed by atoms with E-state index in [1.54, 1.807) is 12.1 Å². The van der Waals surface area contributed by atoms with Crippen LogP contribution in [0.1, 0.15) is 45.8 Å². The zero-order valence-electron chi connectivity index (χ0n) is 22.3. The number of halogens is 4. The van der Waals surface area contributed by atoms with Crippen molar-refractivity contribution < 1.29 is 39.9 Å². The van der Waals surface area contributed by atoms with E-state index in [1.165, 1.54) is 46.2 Å². The predicted octanol–water partition coefficient (Wildman–Crippen LogP) is 5.63. The number of nitrogens with zero attached hydrogens (tertiary/aromatic N) is 3. The molecule has 3 heterocycles. The van der Waals surface area contributed by atoms with Crippen molar-refractivity contribution in [2.45, 2.75) is 55.7 Å². The molecule has 2 aromatic carbocycles. The van der Waals surface area contributed by atoms with Gasteiger partial charge >= 0.3 is 6.18 Å². The van der Waals surface area contributed by atoms with Crippen molar-refractivity contribution in [2.24, 2.45) is 0 Å². The summed E-state index contributed by atoms with van der Waals surface area (Å²) in [6.07, 6.45) is -0.628. The summed E-state index contributed by atoms with van der Waals surface area (Å²) in [6, 6.07) is 12.7. The number of amides is 1. The van der Waals surface area contributed by atoms with E-state index in [-0.39, 0.29) is 42.0 Å². The van der Waals surface area contributed by atoms with Crippen molar-refractivity contribution in [3.8, 4) is 0 Å². The minimum Gasteiger partial charge on any atom is -0.467 e. The number of carbonyl (C=O) groups excluding carboxylic acids is 1. The molecule has 1 saturated heterocycles. The fourth-order valence-corrected chi connectivity index (χ4v) is 6.32. The highest BCUT2D eigenvalue weighted by Crippen LogP contribution is 2.30. The van der Waals surface area contributed by atoms with Crippen LogP contribution in [-0.4, -0.2) is 41.5 Å². The van der Waals surface area contributed by atoms with Gasteiger partial charge in [-0.15, -0.1) is 0 Å². The predicted molar refractivity (Wildman–Crippen MR) is 142 cm³/mol. The van der Waals surface area contributed by atoms with E-state index in [4.69, 9.17) is 9.15 Å². The van der Waals surface area contributed by atoms with Gasteiger partial charge in [-0.1, -0.05) is 18.2 Å². The standard InChI is InChI=1S/C29H27F4N3O5S/c30-26-8-2-1-5-21(26)19-42(38,39)28-34-15-23(36(28)18-25-7-4-14-41-25)16-35(17-24-6-3-13-40-24)27(37)20-9-11-22(12-10-20)29(31,32)33/h1-3,5-6,8-13,15,25H,4,7,14,16-19H2/t25-/m1/s1. The van der Waals surface area contributed by atoms with E-state index in [2.05, 4.69) is 4.98 Å². The van der Waals surface area contributed by atoms with Gasteiger partial charge in [0.2, 0.25) is 15.0 Å². The molecule has 0 radical (unpaired) electrons. The molecule has 8 nitrogen and oxygen atoms in total. The third kappa shape index (κ3) is 6.73. The van der Waals surface area contributed by atoms with Crippen LogP contribution in [-0.2, 0) is 46.1 Å². The number of alkyl halides is 3. The topological polar surface area (TPSA) is 94.6 Å². The number of furan rings is 1. The second-order valence-electron chi connectivity index (χ2n) is 9.94.